The van der Waals surface area contributed by atoms with Crippen molar-refractivity contribution < 1.29 is 10.0 Å². The predicted octanol–water partition coefficient (Wildman–Crippen LogP) is 0.330. The van der Waals surface area contributed by atoms with Crippen LogP contribution in [0.3, 0.4) is 0 Å². The lowest BCUT2D eigenvalue weighted by atomic mass is 10.3. The number of nitrogens with one attached hydrogen (secondary N) is 1. The lowest BCUT2D eigenvalue weighted by Gasteiger charge is -2.00. The van der Waals surface area contributed by atoms with E-state index < -0.39 is 5.91 Å². The molecule has 1 aromatic heterocycles. The lowest BCUT2D eigenvalue weighted by molar-refractivity contribution is 0.0694. The van der Waals surface area contributed by atoms with Crippen molar-refractivity contribution in [2.45, 2.75) is 20.4 Å². The van der Waals surface area contributed by atoms with E-state index in [-0.39, 0.29) is 0 Å². The number of rotatable bonds is 2. The monoisotopic (exact) mass is 169 g/mol. The molecule has 12 heavy (non-hydrogen) atoms. The average molecular weight is 169 g/mol. The highest BCUT2D eigenvalue weighted by molar-refractivity contribution is 5.91. The first-order valence-electron chi connectivity index (χ1n) is 3.68. The molecule has 5 heteroatoms. The first-order chi connectivity index (χ1) is 5.69. The van der Waals surface area contributed by atoms with Crippen LogP contribution in [0, 0.1) is 6.92 Å². The predicted molar refractivity (Wildman–Crippen MR) is 41.9 cm³/mol. The molecule has 1 rings (SSSR count). The van der Waals surface area contributed by atoms with Crippen LogP contribution in [0.2, 0.25) is 0 Å². The molecule has 0 atom stereocenters. The van der Waals surface area contributed by atoms with E-state index in [0.29, 0.717) is 12.2 Å². The second-order valence-electron chi connectivity index (χ2n) is 2.43. The van der Waals surface area contributed by atoms with Gasteiger partial charge in [-0.1, -0.05) is 0 Å². The zero-order valence-corrected chi connectivity index (χ0v) is 7.03. The third-order valence-corrected chi connectivity index (χ3v) is 1.54. The molecule has 1 aromatic rings. The van der Waals surface area contributed by atoms with Crippen LogP contribution in [0.1, 0.15) is 23.1 Å². The van der Waals surface area contributed by atoms with E-state index in [4.69, 9.17) is 5.21 Å². The van der Waals surface area contributed by atoms with Crippen LogP contribution in [0.25, 0.3) is 0 Å². The maximum absolute atomic E-state index is 11.0. The molecule has 0 spiro atoms. The van der Waals surface area contributed by atoms with Crippen LogP contribution >= 0.6 is 0 Å². The molecule has 0 saturated heterocycles. The van der Waals surface area contributed by atoms with E-state index in [9.17, 15) is 4.79 Å². The fraction of sp³-hybridized carbons (Fsp3) is 0.429. The molecule has 0 radical (unpaired) electrons. The Balaban J connectivity index is 3.04. The third kappa shape index (κ3) is 1.45. The minimum Gasteiger partial charge on any atom is -0.288 e. The fourth-order valence-corrected chi connectivity index (χ4v) is 1.03. The van der Waals surface area contributed by atoms with E-state index in [0.717, 1.165) is 5.69 Å². The first kappa shape index (κ1) is 8.73. The van der Waals surface area contributed by atoms with Crippen molar-refractivity contribution >= 4 is 5.91 Å². The van der Waals surface area contributed by atoms with Gasteiger partial charge >= 0.3 is 0 Å². The van der Waals surface area contributed by atoms with E-state index >= 15 is 0 Å². The quantitative estimate of drug-likeness (QED) is 0.495. The Morgan fingerprint density at radius 1 is 1.83 bits per heavy atom. The minimum atomic E-state index is -0.530. The summed E-state index contributed by atoms with van der Waals surface area (Å²) in [5, 5.41) is 12.4. The molecule has 0 aliphatic rings. The van der Waals surface area contributed by atoms with E-state index in [1.807, 2.05) is 6.92 Å². The number of hydrogen-bond acceptors (Lipinski definition) is 3. The maximum Gasteiger partial charge on any atom is 0.292 e. The Bertz CT molecular complexity index is 293. The van der Waals surface area contributed by atoms with Crippen LogP contribution in [0.5, 0.6) is 0 Å². The van der Waals surface area contributed by atoms with E-state index in [1.165, 1.54) is 4.68 Å². The summed E-state index contributed by atoms with van der Waals surface area (Å²) in [6, 6.07) is 1.62. The summed E-state index contributed by atoms with van der Waals surface area (Å²) in [7, 11) is 0. The normalized spacial score (nSPS) is 9.92. The van der Waals surface area contributed by atoms with Crippen molar-refractivity contribution in [2.75, 3.05) is 0 Å². The van der Waals surface area contributed by atoms with Gasteiger partial charge < -0.3 is 0 Å². The molecular weight excluding hydrogens is 158 g/mol. The Hall–Kier alpha value is -1.36. The number of carbonyl (C=O) groups excluding carboxylic acids is 1. The molecule has 2 N–H and O–H groups in total. The van der Waals surface area contributed by atoms with Crippen molar-refractivity contribution in [2.24, 2.45) is 0 Å². The van der Waals surface area contributed by atoms with Crippen molar-refractivity contribution in [3.8, 4) is 0 Å². The molecule has 0 bridgehead atoms. The highest BCUT2D eigenvalue weighted by Gasteiger charge is 2.11. The van der Waals surface area contributed by atoms with Gasteiger partial charge in [0.05, 0.1) is 5.69 Å². The molecule has 66 valence electrons. The summed E-state index contributed by atoms with van der Waals surface area (Å²) < 4.78 is 1.53. The molecule has 0 aliphatic heterocycles. The molecule has 0 aliphatic carbocycles. The van der Waals surface area contributed by atoms with Gasteiger partial charge in [0.2, 0.25) is 0 Å². The van der Waals surface area contributed by atoms with Crippen LogP contribution < -0.4 is 5.48 Å². The molecule has 5 nitrogen and oxygen atoms in total. The Labute approximate surface area is 70.0 Å². The van der Waals surface area contributed by atoms with Crippen molar-refractivity contribution in [1.82, 2.24) is 15.3 Å². The van der Waals surface area contributed by atoms with Gasteiger partial charge in [0.1, 0.15) is 5.69 Å². The van der Waals surface area contributed by atoms with Gasteiger partial charge in [-0.25, -0.2) is 5.48 Å². The van der Waals surface area contributed by atoms with Gasteiger partial charge in [-0.3, -0.25) is 14.7 Å². The minimum absolute atomic E-state index is 0.373. The SMILES string of the molecule is CCn1nc(C)cc1C(=O)NO. The summed E-state index contributed by atoms with van der Waals surface area (Å²) in [5.41, 5.74) is 2.70. The van der Waals surface area contributed by atoms with Gasteiger partial charge in [0.25, 0.3) is 5.91 Å². The van der Waals surface area contributed by atoms with Crippen LogP contribution in [0.4, 0.5) is 0 Å². The second kappa shape index (κ2) is 3.36. The molecule has 0 fully saturated rings. The molecular formula is C7H11N3O2. The zero-order valence-electron chi connectivity index (χ0n) is 7.03. The van der Waals surface area contributed by atoms with Crippen molar-refractivity contribution in [3.63, 3.8) is 0 Å². The number of amides is 1. The van der Waals surface area contributed by atoms with E-state index in [2.05, 4.69) is 5.10 Å². The summed E-state index contributed by atoms with van der Waals surface area (Å²) in [4.78, 5) is 11.0. The zero-order chi connectivity index (χ0) is 9.14. The second-order valence-corrected chi connectivity index (χ2v) is 2.43. The third-order valence-electron chi connectivity index (χ3n) is 1.54. The van der Waals surface area contributed by atoms with Crippen LogP contribution in [0.15, 0.2) is 6.07 Å². The van der Waals surface area contributed by atoms with Crippen molar-refractivity contribution in [1.29, 1.82) is 0 Å². The summed E-state index contributed by atoms with van der Waals surface area (Å²) in [6.45, 7) is 4.28. The molecule has 1 heterocycles. The number of aryl methyl sites for hydroxylation is 2. The molecule has 0 saturated carbocycles. The molecule has 1 amide bonds. The lowest BCUT2D eigenvalue weighted by Crippen LogP contribution is -2.22. The van der Waals surface area contributed by atoms with Gasteiger partial charge in [-0.05, 0) is 19.9 Å². The molecule has 0 unspecified atom stereocenters. The smallest absolute Gasteiger partial charge is 0.288 e. The number of carbonyl (C=O) groups is 1. The first-order valence-corrected chi connectivity index (χ1v) is 3.68. The summed E-state index contributed by atoms with van der Waals surface area (Å²) in [6.07, 6.45) is 0. The van der Waals surface area contributed by atoms with Gasteiger partial charge in [0.15, 0.2) is 0 Å². The van der Waals surface area contributed by atoms with Crippen molar-refractivity contribution in [3.05, 3.63) is 17.5 Å². The largest absolute Gasteiger partial charge is 0.292 e. The number of nitrogens with zero attached hydrogens (tertiary/aromatic N) is 2. The van der Waals surface area contributed by atoms with Gasteiger partial charge in [-0.2, -0.15) is 5.10 Å². The van der Waals surface area contributed by atoms with Gasteiger partial charge in [-0.15, -0.1) is 0 Å². The standard InChI is InChI=1S/C7H11N3O2/c1-3-10-6(7(11)9-12)4-5(2)8-10/h4,12H,3H2,1-2H3,(H,9,11). The highest BCUT2D eigenvalue weighted by Crippen LogP contribution is 2.02. The maximum atomic E-state index is 11.0. The van der Waals surface area contributed by atoms with Crippen LogP contribution in [-0.2, 0) is 6.54 Å². The van der Waals surface area contributed by atoms with Gasteiger partial charge in [0, 0.05) is 6.54 Å². The number of hydrogen-bond donors (Lipinski definition) is 2. The summed E-state index contributed by atoms with van der Waals surface area (Å²) >= 11 is 0. The molecule has 0 aromatic carbocycles. The number of aromatic nitrogens is 2. The Kier molecular flexibility index (Phi) is 2.44. The topological polar surface area (TPSA) is 67.2 Å². The Morgan fingerprint density at radius 3 is 3.00 bits per heavy atom. The Morgan fingerprint density at radius 2 is 2.50 bits per heavy atom. The highest BCUT2D eigenvalue weighted by atomic mass is 16.5. The summed E-state index contributed by atoms with van der Waals surface area (Å²) in [5.74, 6) is -0.530. The van der Waals surface area contributed by atoms with Crippen LogP contribution in [-0.4, -0.2) is 20.9 Å². The fourth-order valence-electron chi connectivity index (χ4n) is 1.03. The van der Waals surface area contributed by atoms with E-state index in [1.54, 1.807) is 18.5 Å². The average Bonchev–Trinajstić information content (AvgIpc) is 2.45. The number of hydroxylamine groups is 1.